The minimum absolute atomic E-state index is 0. The van der Waals surface area contributed by atoms with Crippen molar-refractivity contribution in [3.63, 3.8) is 0 Å². The van der Waals surface area contributed by atoms with E-state index < -0.39 is 35.4 Å². The second-order valence-corrected chi connectivity index (χ2v) is 10.4. The van der Waals surface area contributed by atoms with Crippen molar-refractivity contribution in [3.8, 4) is 10.6 Å². The minimum Gasteiger partial charge on any atom is -0.372 e. The molecular formula is C21H21ClN6O5S. The van der Waals surface area contributed by atoms with E-state index in [-0.39, 0.29) is 14.0 Å². The molecule has 6 heterocycles. The molecule has 3 aliphatic rings. The molecule has 0 aromatic carbocycles. The van der Waals surface area contributed by atoms with Crippen molar-refractivity contribution in [3.05, 3.63) is 21.9 Å². The molecule has 2 N–H and O–H groups in total. The molecule has 3 atom stereocenters. The van der Waals surface area contributed by atoms with E-state index in [1.54, 1.807) is 13.1 Å². The van der Waals surface area contributed by atoms with Crippen LogP contribution < -0.4 is 15.5 Å². The minimum atomic E-state index is -1.64. The van der Waals surface area contributed by atoms with Gasteiger partial charge in [-0.05, 0) is 20.8 Å². The number of carbonyl (C=O) groups is 3. The van der Waals surface area contributed by atoms with Crippen molar-refractivity contribution >= 4 is 57.6 Å². The first kappa shape index (κ1) is 21.4. The molecule has 0 aliphatic carbocycles. The average molecular weight is 505 g/mol. The lowest BCUT2D eigenvalue weighted by atomic mass is 9.67. The Kier molecular flexibility index (Phi) is 4.54. The summed E-state index contributed by atoms with van der Waals surface area (Å²) in [4.78, 5) is 50.2. The van der Waals surface area contributed by atoms with Crippen LogP contribution in [0, 0.1) is 12.3 Å². The van der Waals surface area contributed by atoms with Crippen molar-refractivity contribution in [2.24, 2.45) is 5.41 Å². The number of barbiturate groups is 1. The van der Waals surface area contributed by atoms with E-state index in [9.17, 15) is 14.4 Å². The average Bonchev–Trinajstić information content (AvgIpc) is 3.37. The van der Waals surface area contributed by atoms with E-state index in [0.29, 0.717) is 39.7 Å². The van der Waals surface area contributed by atoms with Crippen LogP contribution in [0.25, 0.3) is 21.7 Å². The van der Waals surface area contributed by atoms with Crippen molar-refractivity contribution < 1.29 is 25.1 Å². The predicted octanol–water partition coefficient (Wildman–Crippen LogP) is 2.44. The number of halogens is 1. The number of amides is 4. The molecule has 0 radical (unpaired) electrons. The third kappa shape index (κ3) is 2.79. The van der Waals surface area contributed by atoms with Gasteiger partial charge in [0, 0.05) is 20.6 Å². The lowest BCUT2D eigenvalue weighted by molar-refractivity contribution is -0.153. The number of anilines is 1. The number of thiazole rings is 1. The molecule has 13 heteroatoms. The van der Waals surface area contributed by atoms with Crippen molar-refractivity contribution in [2.75, 3.05) is 11.4 Å². The van der Waals surface area contributed by atoms with Crippen LogP contribution in [0.15, 0.2) is 10.7 Å². The zero-order valence-electron chi connectivity index (χ0n) is 18.3. The molecule has 6 rings (SSSR count). The van der Waals surface area contributed by atoms with Gasteiger partial charge in [-0.25, -0.2) is 14.8 Å². The van der Waals surface area contributed by atoms with Crippen LogP contribution in [0.3, 0.4) is 0 Å². The Morgan fingerprint density at radius 1 is 1.26 bits per heavy atom. The second kappa shape index (κ2) is 7.20. The maximum absolute atomic E-state index is 13.3. The van der Waals surface area contributed by atoms with Crippen LogP contribution in [0.5, 0.6) is 0 Å². The number of hydrogen-bond donors (Lipinski definition) is 2. The van der Waals surface area contributed by atoms with E-state index in [4.69, 9.17) is 25.8 Å². The van der Waals surface area contributed by atoms with Crippen molar-refractivity contribution in [1.82, 2.24) is 25.8 Å². The van der Waals surface area contributed by atoms with Crippen molar-refractivity contribution in [2.45, 2.75) is 45.4 Å². The summed E-state index contributed by atoms with van der Waals surface area (Å²) in [6, 6.07) is -1.56. The summed E-state index contributed by atoms with van der Waals surface area (Å²) in [5, 5.41) is 9.87. The number of rotatable bonds is 1. The number of carbonyl (C=O) groups excluding carboxylic acids is 3. The molecule has 0 unspecified atom stereocenters. The fraction of sp³-hybridized carbons (Fsp3) is 0.429. The molecule has 3 aromatic rings. The normalized spacial score (nSPS) is 25.8. The first-order chi connectivity index (χ1) is 16.2. The Morgan fingerprint density at radius 3 is 2.68 bits per heavy atom. The summed E-state index contributed by atoms with van der Waals surface area (Å²) in [5.74, 6) is -1.37. The number of aryl methyl sites for hydroxylation is 1. The molecule has 178 valence electrons. The number of aromatic nitrogens is 3. The zero-order valence-corrected chi connectivity index (χ0v) is 19.9. The van der Waals surface area contributed by atoms with Crippen LogP contribution in [-0.2, 0) is 20.7 Å². The van der Waals surface area contributed by atoms with E-state index in [2.05, 4.69) is 20.8 Å². The van der Waals surface area contributed by atoms with E-state index in [1.807, 2.05) is 18.7 Å². The summed E-state index contributed by atoms with van der Waals surface area (Å²) in [6.07, 6.45) is 0.892. The van der Waals surface area contributed by atoms with Gasteiger partial charge in [0.15, 0.2) is 11.1 Å². The summed E-state index contributed by atoms with van der Waals surface area (Å²) >= 11 is 8.32. The smallest absolute Gasteiger partial charge is 0.328 e. The van der Waals surface area contributed by atoms with Gasteiger partial charge >= 0.3 is 6.03 Å². The Morgan fingerprint density at radius 2 is 2.00 bits per heavy atom. The highest BCUT2D eigenvalue weighted by Gasteiger charge is 2.63. The van der Waals surface area contributed by atoms with Gasteiger partial charge in [0.05, 0.1) is 39.5 Å². The van der Waals surface area contributed by atoms with Gasteiger partial charge in [0.25, 0.3) is 0 Å². The fourth-order valence-electron chi connectivity index (χ4n) is 5.39. The van der Waals surface area contributed by atoms with Gasteiger partial charge in [-0.3, -0.25) is 20.2 Å². The largest absolute Gasteiger partial charge is 0.372 e. The number of nitrogens with zero attached hydrogens (tertiary/aromatic N) is 4. The molecule has 11 nitrogen and oxygen atoms in total. The maximum atomic E-state index is 13.3. The number of morpholine rings is 1. The molecule has 34 heavy (non-hydrogen) atoms. The number of pyridine rings is 1. The zero-order chi connectivity index (χ0) is 23.9. The topological polar surface area (TPSA) is 140 Å². The van der Waals surface area contributed by atoms with Crippen LogP contribution >= 0.6 is 22.9 Å². The van der Waals surface area contributed by atoms with Gasteiger partial charge in [-0.15, -0.1) is 11.3 Å². The van der Waals surface area contributed by atoms with Gasteiger partial charge in [0.2, 0.25) is 17.4 Å². The van der Waals surface area contributed by atoms with Gasteiger partial charge in [-0.2, -0.15) is 0 Å². The monoisotopic (exact) mass is 504 g/mol. The number of urea groups is 1. The van der Waals surface area contributed by atoms with Crippen LogP contribution in [0.2, 0.25) is 5.02 Å². The van der Waals surface area contributed by atoms with Crippen LogP contribution in [0.4, 0.5) is 10.5 Å². The highest BCUT2D eigenvalue weighted by atomic mass is 35.5. The maximum Gasteiger partial charge on any atom is 0.328 e. The first-order valence-corrected chi connectivity index (χ1v) is 11.9. The Bertz CT molecular complexity index is 1390. The second-order valence-electron chi connectivity index (χ2n) is 8.81. The Hall–Kier alpha value is -3.09. The number of nitrogens with one attached hydrogen (secondary N) is 2. The number of hydrogen-bond acceptors (Lipinski definition) is 10. The van der Waals surface area contributed by atoms with Crippen molar-refractivity contribution in [1.29, 1.82) is 0 Å². The molecular weight excluding hydrogens is 484 g/mol. The van der Waals surface area contributed by atoms with Gasteiger partial charge in [-0.1, -0.05) is 16.8 Å². The Labute approximate surface area is 203 Å². The van der Waals surface area contributed by atoms with E-state index in [1.165, 1.54) is 11.3 Å². The summed E-state index contributed by atoms with van der Waals surface area (Å²) in [7, 11) is 0. The molecule has 2 saturated heterocycles. The molecule has 3 aromatic heterocycles. The van der Waals surface area contributed by atoms with Gasteiger partial charge < -0.3 is 14.2 Å². The number of imide groups is 2. The summed E-state index contributed by atoms with van der Waals surface area (Å²) in [6.45, 7) is 5.94. The molecule has 2 fully saturated rings. The molecule has 4 amide bonds. The molecule has 0 saturated carbocycles. The summed E-state index contributed by atoms with van der Waals surface area (Å²) in [5.41, 5.74) is 0.604. The lowest BCUT2D eigenvalue weighted by Gasteiger charge is -2.55. The number of fused-ring (bicyclic) bond motifs is 5. The van der Waals surface area contributed by atoms with E-state index >= 15 is 0 Å². The van der Waals surface area contributed by atoms with Crippen LogP contribution in [-0.4, -0.2) is 57.8 Å². The third-order valence-corrected chi connectivity index (χ3v) is 7.90. The highest BCUT2D eigenvalue weighted by Crippen LogP contribution is 2.50. The fourth-order valence-corrected chi connectivity index (χ4v) is 6.49. The summed E-state index contributed by atoms with van der Waals surface area (Å²) < 4.78 is 11.6. The molecule has 3 aliphatic heterocycles. The van der Waals surface area contributed by atoms with Gasteiger partial charge in [0.1, 0.15) is 10.5 Å². The lowest BCUT2D eigenvalue weighted by Crippen LogP contribution is -2.75. The predicted molar refractivity (Wildman–Crippen MR) is 124 cm³/mol. The SMILES string of the molecule is Cc1ncc(-c2noc3c(Cl)c4c(nc23)CC2(C(=O)NC(=O)NC2=O)[C@H]2[C@H](C)O[C@H](C)CN42)s1.[HH]. The number of ether oxygens (including phenoxy) is 1. The quantitative estimate of drug-likeness (QED) is 0.478. The molecule has 1 spiro atoms. The first-order valence-electron chi connectivity index (χ1n) is 10.7. The Balaban J connectivity index is 0.00000253. The third-order valence-electron chi connectivity index (χ3n) is 6.63. The standard InChI is InChI=1S/C21H19ClN6O5S.H2/c1-7-6-28-15-10(4-21(17(28)8(2)32-7)18(29)25-20(31)26-19(21)30)24-14-13(11-5-23-9(3)34-11)27-33-16(14)12(15)22;/h5,7-8,17H,4,6H2,1-3H3,(H2,25,26,29,30,31);1H/t7-,8+,17-;/m1./s1. The highest BCUT2D eigenvalue weighted by molar-refractivity contribution is 7.15. The van der Waals surface area contributed by atoms with E-state index in [0.717, 1.165) is 9.88 Å². The van der Waals surface area contributed by atoms with Crippen LogP contribution in [0.1, 0.15) is 26.0 Å². The molecule has 0 bridgehead atoms.